The van der Waals surface area contributed by atoms with Crippen LogP contribution in [0.2, 0.25) is 0 Å². The van der Waals surface area contributed by atoms with Gasteiger partial charge < -0.3 is 53.8 Å². The van der Waals surface area contributed by atoms with Gasteiger partial charge in [-0.3, -0.25) is 23.3 Å². The number of hydrogen-bond donors (Lipinski definition) is 5. The van der Waals surface area contributed by atoms with Gasteiger partial charge in [0.25, 0.3) is 0 Å². The molecule has 2 aliphatic rings. The molecule has 2 aliphatic heterocycles. The Labute approximate surface area is 299 Å². The molecule has 2 heterocycles. The number of para-hydroxylation sites is 2. The van der Waals surface area contributed by atoms with Crippen molar-refractivity contribution in [1.29, 1.82) is 0 Å². The molecule has 1 aromatic rings. The van der Waals surface area contributed by atoms with Gasteiger partial charge in [0, 0.05) is 13.0 Å². The number of ether oxygens (including phenoxy) is 4. The molecule has 244 valence electrons. The molecule has 25 heteroatoms. The molecule has 45 heavy (non-hydrogen) atoms. The number of nitro groups is 1. The molecule has 2 saturated heterocycles. The average molecular weight is 709 g/mol. The first-order valence-corrected chi connectivity index (χ1v) is 14.6. The number of nitro benzene ring substituents is 1. The number of nitrogens with one attached hydrogen (secondary N) is 1. The Morgan fingerprint density at radius 2 is 1.40 bits per heavy atom. The van der Waals surface area contributed by atoms with E-state index in [1.807, 2.05) is 0 Å². The van der Waals surface area contributed by atoms with E-state index in [4.69, 9.17) is 18.9 Å². The number of rotatable bonds is 12. The zero-order valence-corrected chi connectivity index (χ0v) is 29.3. The number of carbonyl (C=O) groups is 1. The molecule has 0 spiro atoms. The summed E-state index contributed by atoms with van der Waals surface area (Å²) < 4.78 is 95.9. The second-order valence-electron chi connectivity index (χ2n) is 9.10. The normalized spacial score (nSPS) is 32.0. The summed E-state index contributed by atoms with van der Waals surface area (Å²) in [7, 11) is -10.7. The van der Waals surface area contributed by atoms with Crippen LogP contribution in [0.4, 0.5) is 5.69 Å². The van der Waals surface area contributed by atoms with Gasteiger partial charge in [0.05, 0.1) is 18.1 Å². The van der Waals surface area contributed by atoms with E-state index in [0.29, 0.717) is 0 Å². The third kappa shape index (κ3) is 12.1. The van der Waals surface area contributed by atoms with Gasteiger partial charge in [0.2, 0.25) is 33.0 Å². The summed E-state index contributed by atoms with van der Waals surface area (Å²) in [6.45, 7) is -1.35. The van der Waals surface area contributed by atoms with Gasteiger partial charge in [0.15, 0.2) is 12.0 Å². The first-order valence-electron chi connectivity index (χ1n) is 11.9. The van der Waals surface area contributed by atoms with Gasteiger partial charge in [-0.25, -0.2) is 16.8 Å². The van der Waals surface area contributed by atoms with Gasteiger partial charge in [-0.15, -0.1) is 0 Å². The van der Waals surface area contributed by atoms with Crippen molar-refractivity contribution in [3.63, 3.8) is 0 Å². The van der Waals surface area contributed by atoms with E-state index in [0.717, 1.165) is 19.1 Å². The second-order valence-corrected chi connectivity index (χ2v) is 11.2. The van der Waals surface area contributed by atoms with E-state index in [1.165, 1.54) is 12.1 Å². The second kappa shape index (κ2) is 17.7. The number of carbonyl (C=O) groups excluding carboxylic acids is 1. The first kappa shape index (κ1) is 42.4. The Morgan fingerprint density at radius 1 is 0.889 bits per heavy atom. The smallest absolute Gasteiger partial charge is 0.726 e. The van der Waals surface area contributed by atoms with Gasteiger partial charge in [-0.1, -0.05) is 12.1 Å². The quantitative estimate of drug-likeness (QED) is 0.0442. The monoisotopic (exact) mass is 708 g/mol. The van der Waals surface area contributed by atoms with Gasteiger partial charge in [-0.2, -0.15) is 0 Å². The summed E-state index contributed by atoms with van der Waals surface area (Å²) in [5.41, 5.74) is -0.592. The van der Waals surface area contributed by atoms with E-state index in [9.17, 15) is 61.3 Å². The maximum absolute atomic E-state index is 12.1. The number of benzene rings is 1. The summed E-state index contributed by atoms with van der Waals surface area (Å²) in [6.07, 6.45) is -17.9. The number of amides is 1. The van der Waals surface area contributed by atoms with Crippen molar-refractivity contribution in [3.05, 3.63) is 34.4 Å². The molecule has 3 rings (SSSR count). The number of aliphatic hydroxyl groups excluding tert-OH is 4. The molecule has 2 fully saturated rings. The van der Waals surface area contributed by atoms with Crippen LogP contribution in [0.15, 0.2) is 24.3 Å². The van der Waals surface area contributed by atoms with E-state index in [-0.39, 0.29) is 59.1 Å². The van der Waals surface area contributed by atoms with Crippen LogP contribution in [0.5, 0.6) is 5.75 Å². The van der Waals surface area contributed by atoms with E-state index >= 15 is 0 Å². The predicted molar refractivity (Wildman–Crippen MR) is 129 cm³/mol. The van der Waals surface area contributed by atoms with Crippen LogP contribution >= 0.6 is 0 Å². The fourth-order valence-electron chi connectivity index (χ4n) is 4.16. The van der Waals surface area contributed by atoms with Crippen LogP contribution in [0.3, 0.4) is 0 Å². The Morgan fingerprint density at radius 3 is 1.91 bits per heavy atom. The third-order valence-electron chi connectivity index (χ3n) is 6.06. The summed E-state index contributed by atoms with van der Waals surface area (Å²) in [5, 5.41) is 55.7. The summed E-state index contributed by atoms with van der Waals surface area (Å²) in [4.78, 5) is 22.7. The fourth-order valence-corrected chi connectivity index (χ4v) is 4.76. The van der Waals surface area contributed by atoms with E-state index in [2.05, 4.69) is 13.7 Å². The van der Waals surface area contributed by atoms with Crippen LogP contribution in [0.1, 0.15) is 6.92 Å². The molecule has 1 amide bonds. The molecular weight excluding hydrogens is 682 g/mol. The molecule has 0 radical (unpaired) electrons. The minimum atomic E-state index is -5.36. The molecule has 0 unspecified atom stereocenters. The molecule has 0 saturated carbocycles. The van der Waals surface area contributed by atoms with Gasteiger partial charge in [-0.05, 0) is 6.07 Å². The van der Waals surface area contributed by atoms with E-state index < -0.39 is 118 Å². The predicted octanol–water partition coefficient (Wildman–Crippen LogP) is -10.3. The van der Waals surface area contributed by atoms with Crippen molar-refractivity contribution in [1.82, 2.24) is 5.32 Å². The SMILES string of the molecule is CC(=O)N[C@@H]1[C@@H](Oc2ccccc2[N+](=O)[O-])O[C@@H](COS(=O)(=O)[O-])[C@H](O)[C@@H]1O[C@@H]1O[C@@H](COS(=O)(=O)[O-])[C@H](O)[C@H](O)[C@@H]1O.[Na+].[Na+]. The molecule has 0 aromatic heterocycles. The zero-order valence-electron chi connectivity index (χ0n) is 23.7. The van der Waals surface area contributed by atoms with Gasteiger partial charge >= 0.3 is 64.8 Å². The summed E-state index contributed by atoms with van der Waals surface area (Å²) in [5.74, 6) is -1.27. The molecular formula is C20H26N2Na2O19S2. The summed E-state index contributed by atoms with van der Waals surface area (Å²) >= 11 is 0. The van der Waals surface area contributed by atoms with Crippen LogP contribution < -0.4 is 69.2 Å². The van der Waals surface area contributed by atoms with Crippen molar-refractivity contribution in [3.8, 4) is 5.75 Å². The standard InChI is InChI=1S/C20H28N2O19S2.2Na/c1-8(23)21-13-18(41-20-17(27)16(26)14(24)11(40-20)6-36-42(30,31)32)15(25)12(7-37-43(33,34)35)39-19(13)38-10-5-3-2-4-9(10)22(28)29;;/h2-5,11-20,24-27H,6-7H2,1H3,(H,21,23)(H,30,31,32)(H,33,34,35);;/q;2*+1/p-2/t11-,12-,13-,14-,15-,16-,17-,18+,19-,20-;;/m0../s1. The number of nitrogens with zero attached hydrogens (tertiary/aromatic N) is 1. The maximum Gasteiger partial charge on any atom is 1.00 e. The molecule has 0 aliphatic carbocycles. The molecule has 10 atom stereocenters. The van der Waals surface area contributed by atoms with Crippen molar-refractivity contribution in [2.24, 2.45) is 0 Å². The van der Waals surface area contributed by atoms with Crippen LogP contribution in [-0.2, 0) is 48.2 Å². The largest absolute Gasteiger partial charge is 1.00 e. The molecule has 21 nitrogen and oxygen atoms in total. The molecule has 1 aromatic carbocycles. The average Bonchev–Trinajstić information content (AvgIpc) is 2.89. The zero-order chi connectivity index (χ0) is 32.3. The third-order valence-corrected chi connectivity index (χ3v) is 6.91. The Balaban J connectivity index is 0.00000506. The van der Waals surface area contributed by atoms with Crippen molar-refractivity contribution >= 4 is 32.4 Å². The summed E-state index contributed by atoms with van der Waals surface area (Å²) in [6, 6.07) is 3.12. The minimum Gasteiger partial charge on any atom is -0.726 e. The van der Waals surface area contributed by atoms with Crippen LogP contribution in [0, 0.1) is 10.1 Å². The van der Waals surface area contributed by atoms with Crippen molar-refractivity contribution in [2.75, 3.05) is 13.2 Å². The van der Waals surface area contributed by atoms with Crippen LogP contribution in [-0.4, -0.2) is 132 Å². The van der Waals surface area contributed by atoms with Gasteiger partial charge in [0.1, 0.15) is 48.8 Å². The number of aliphatic hydroxyl groups is 4. The van der Waals surface area contributed by atoms with E-state index in [1.54, 1.807) is 0 Å². The number of hydrogen-bond acceptors (Lipinski definition) is 19. The first-order chi connectivity index (χ1) is 19.9. The maximum atomic E-state index is 12.1. The molecule has 5 N–H and O–H groups in total. The molecule has 0 bridgehead atoms. The van der Waals surface area contributed by atoms with Crippen molar-refractivity contribution < 1.29 is 143 Å². The Kier molecular flexibility index (Phi) is 16.6. The van der Waals surface area contributed by atoms with Crippen molar-refractivity contribution in [2.45, 2.75) is 68.3 Å². The Hall–Kier alpha value is -0.650. The Bertz CT molecular complexity index is 1370. The minimum absolute atomic E-state index is 0. The fraction of sp³-hybridized carbons (Fsp3) is 0.650. The van der Waals surface area contributed by atoms with Crippen LogP contribution in [0.25, 0.3) is 0 Å². The topological polar surface area (TPSA) is 323 Å².